The first-order valence-corrected chi connectivity index (χ1v) is 6.77. The Morgan fingerprint density at radius 1 is 1.25 bits per heavy atom. The van der Waals surface area contributed by atoms with Gasteiger partial charge in [-0.3, -0.25) is 14.5 Å². The monoisotopic (exact) mass is 331 g/mol. The molecule has 2 aromatic rings. The zero-order valence-corrected chi connectivity index (χ0v) is 11.9. The molecule has 5 nitrogen and oxygen atoms in total. The highest BCUT2D eigenvalue weighted by Crippen LogP contribution is 2.29. The van der Waals surface area contributed by atoms with Crippen LogP contribution >= 0.6 is 15.9 Å². The highest BCUT2D eigenvalue weighted by Gasteiger charge is 2.27. The van der Waals surface area contributed by atoms with E-state index in [1.54, 1.807) is 24.3 Å². The number of amides is 2. The van der Waals surface area contributed by atoms with Gasteiger partial charge in [-0.05, 0) is 40.2 Å². The van der Waals surface area contributed by atoms with Crippen LogP contribution in [0, 0.1) is 0 Å². The number of hydrogen-bond donors (Lipinski definition) is 1. The van der Waals surface area contributed by atoms with Gasteiger partial charge < -0.3 is 5.32 Å². The molecule has 1 aliphatic rings. The van der Waals surface area contributed by atoms with Gasteiger partial charge in [-0.25, -0.2) is 4.98 Å². The summed E-state index contributed by atoms with van der Waals surface area (Å²) in [7, 11) is 0. The first-order valence-electron chi connectivity index (χ1n) is 5.97. The average molecular weight is 332 g/mol. The molecule has 6 heteroatoms. The van der Waals surface area contributed by atoms with Gasteiger partial charge in [0, 0.05) is 6.20 Å². The first kappa shape index (κ1) is 12.8. The number of carbonyl (C=O) groups excluding carboxylic acids is 2. The highest BCUT2D eigenvalue weighted by molar-refractivity contribution is 9.10. The van der Waals surface area contributed by atoms with E-state index in [1.165, 1.54) is 11.1 Å². The number of benzene rings is 1. The Hall–Kier alpha value is -2.21. The summed E-state index contributed by atoms with van der Waals surface area (Å²) in [6.45, 7) is 0.00586. The van der Waals surface area contributed by atoms with Crippen LogP contribution in [0.4, 0.5) is 11.4 Å². The van der Waals surface area contributed by atoms with Gasteiger partial charge >= 0.3 is 0 Å². The second-order valence-corrected chi connectivity index (χ2v) is 5.14. The number of carbonyl (C=O) groups is 2. The number of hydrogen-bond acceptors (Lipinski definition) is 3. The minimum Gasteiger partial charge on any atom is -0.323 e. The van der Waals surface area contributed by atoms with Gasteiger partial charge in [-0.2, -0.15) is 0 Å². The minimum atomic E-state index is -0.243. The molecule has 0 aliphatic carbocycles. The molecule has 1 aliphatic heterocycles. The number of pyridine rings is 1. The molecule has 100 valence electrons. The molecule has 0 fully saturated rings. The molecule has 20 heavy (non-hydrogen) atoms. The number of para-hydroxylation sites is 2. The van der Waals surface area contributed by atoms with E-state index in [9.17, 15) is 9.59 Å². The lowest BCUT2D eigenvalue weighted by Crippen LogP contribution is -2.42. The summed E-state index contributed by atoms with van der Waals surface area (Å²) in [5, 5.41) is 2.75. The summed E-state index contributed by atoms with van der Waals surface area (Å²) >= 11 is 3.23. The normalized spacial score (nSPS) is 13.7. The lowest BCUT2D eigenvalue weighted by Gasteiger charge is -2.29. The van der Waals surface area contributed by atoms with E-state index in [0.717, 1.165) is 0 Å². The van der Waals surface area contributed by atoms with E-state index in [2.05, 4.69) is 26.2 Å². The van der Waals surface area contributed by atoms with Gasteiger partial charge in [0.1, 0.15) is 11.1 Å². The number of aromatic nitrogens is 1. The number of nitrogens with one attached hydrogen (secondary N) is 1. The van der Waals surface area contributed by atoms with Crippen molar-refractivity contribution >= 4 is 39.1 Å². The van der Waals surface area contributed by atoms with Gasteiger partial charge in [0.2, 0.25) is 5.91 Å². The van der Waals surface area contributed by atoms with E-state index < -0.39 is 0 Å². The minimum absolute atomic E-state index is 0.00586. The molecule has 1 aromatic heterocycles. The molecular formula is C14H10BrN3O2. The van der Waals surface area contributed by atoms with Gasteiger partial charge in [-0.1, -0.05) is 12.1 Å². The van der Waals surface area contributed by atoms with Crippen molar-refractivity contribution in [1.82, 2.24) is 4.98 Å². The Morgan fingerprint density at radius 2 is 2.05 bits per heavy atom. The zero-order chi connectivity index (χ0) is 14.1. The van der Waals surface area contributed by atoms with Crippen LogP contribution in [0.15, 0.2) is 47.2 Å². The molecule has 0 unspecified atom stereocenters. The summed E-state index contributed by atoms with van der Waals surface area (Å²) in [5.41, 5.74) is 1.78. The molecule has 0 bridgehead atoms. The fraction of sp³-hybridized carbons (Fsp3) is 0.0714. The predicted octanol–water partition coefficient (Wildman–Crippen LogP) is 2.44. The highest BCUT2D eigenvalue weighted by atomic mass is 79.9. The molecule has 0 spiro atoms. The van der Waals surface area contributed by atoms with Crippen molar-refractivity contribution in [1.29, 1.82) is 0 Å². The lowest BCUT2D eigenvalue weighted by molar-refractivity contribution is -0.115. The summed E-state index contributed by atoms with van der Waals surface area (Å²) < 4.78 is 0.658. The van der Waals surface area contributed by atoms with Gasteiger partial charge in [-0.15, -0.1) is 0 Å². The zero-order valence-electron chi connectivity index (χ0n) is 10.3. The van der Waals surface area contributed by atoms with E-state index in [-0.39, 0.29) is 18.4 Å². The third kappa shape index (κ3) is 2.30. The van der Waals surface area contributed by atoms with Gasteiger partial charge in [0.15, 0.2) is 0 Å². The van der Waals surface area contributed by atoms with Crippen LogP contribution in [-0.4, -0.2) is 23.3 Å². The SMILES string of the molecule is O=C1CN(C(=O)c2ccc(Br)nc2)c2ccccc2N1. The number of nitrogens with zero attached hydrogens (tertiary/aromatic N) is 2. The average Bonchev–Trinajstić information content (AvgIpc) is 2.46. The van der Waals surface area contributed by atoms with Crippen molar-refractivity contribution < 1.29 is 9.59 Å². The fourth-order valence-electron chi connectivity index (χ4n) is 2.07. The van der Waals surface area contributed by atoms with E-state index in [4.69, 9.17) is 0 Å². The summed E-state index contributed by atoms with van der Waals surface area (Å²) in [5.74, 6) is -0.450. The molecule has 1 N–H and O–H groups in total. The van der Waals surface area contributed by atoms with Crippen LogP contribution in [0.2, 0.25) is 0 Å². The Kier molecular flexibility index (Phi) is 3.23. The van der Waals surface area contributed by atoms with Crippen LogP contribution < -0.4 is 10.2 Å². The van der Waals surface area contributed by atoms with Crippen LogP contribution in [0.1, 0.15) is 10.4 Å². The molecule has 1 aromatic carbocycles. The van der Waals surface area contributed by atoms with E-state index in [0.29, 0.717) is 21.5 Å². The maximum atomic E-state index is 12.5. The molecule has 0 saturated carbocycles. The van der Waals surface area contributed by atoms with Crippen molar-refractivity contribution in [2.24, 2.45) is 0 Å². The van der Waals surface area contributed by atoms with Crippen molar-refractivity contribution in [3.05, 3.63) is 52.8 Å². The molecular weight excluding hydrogens is 322 g/mol. The Morgan fingerprint density at radius 3 is 2.80 bits per heavy atom. The molecule has 0 saturated heterocycles. The van der Waals surface area contributed by atoms with Gasteiger partial charge in [0.25, 0.3) is 5.91 Å². The largest absolute Gasteiger partial charge is 0.323 e. The Balaban J connectivity index is 1.99. The lowest BCUT2D eigenvalue weighted by atomic mass is 10.1. The van der Waals surface area contributed by atoms with Crippen molar-refractivity contribution in [3.63, 3.8) is 0 Å². The van der Waals surface area contributed by atoms with Crippen LogP contribution in [0.25, 0.3) is 0 Å². The molecule has 0 radical (unpaired) electrons. The van der Waals surface area contributed by atoms with Crippen LogP contribution in [0.5, 0.6) is 0 Å². The van der Waals surface area contributed by atoms with E-state index in [1.807, 2.05) is 12.1 Å². The summed E-state index contributed by atoms with van der Waals surface area (Å²) in [4.78, 5) is 29.7. The standard InChI is InChI=1S/C14H10BrN3O2/c15-12-6-5-9(7-16-12)14(20)18-8-13(19)17-10-3-1-2-4-11(10)18/h1-7H,8H2,(H,17,19). The third-order valence-electron chi connectivity index (χ3n) is 2.99. The molecule has 3 rings (SSSR count). The topological polar surface area (TPSA) is 62.3 Å². The number of halogens is 1. The molecule has 2 heterocycles. The summed E-state index contributed by atoms with van der Waals surface area (Å²) in [6, 6.07) is 10.6. The second kappa shape index (κ2) is 5.05. The maximum absolute atomic E-state index is 12.5. The number of rotatable bonds is 1. The molecule has 0 atom stereocenters. The summed E-state index contributed by atoms with van der Waals surface area (Å²) in [6.07, 6.45) is 1.49. The van der Waals surface area contributed by atoms with Gasteiger partial charge in [0.05, 0.1) is 16.9 Å². The fourth-order valence-corrected chi connectivity index (χ4v) is 2.31. The Bertz CT molecular complexity index is 685. The van der Waals surface area contributed by atoms with Crippen molar-refractivity contribution in [2.75, 3.05) is 16.8 Å². The smallest absolute Gasteiger partial charge is 0.260 e. The Labute approximate surface area is 123 Å². The number of anilines is 2. The molecule has 2 amide bonds. The van der Waals surface area contributed by atoms with Crippen molar-refractivity contribution in [3.8, 4) is 0 Å². The van der Waals surface area contributed by atoms with Crippen LogP contribution in [-0.2, 0) is 4.79 Å². The third-order valence-corrected chi connectivity index (χ3v) is 3.46. The maximum Gasteiger partial charge on any atom is 0.260 e. The van der Waals surface area contributed by atoms with Crippen molar-refractivity contribution in [2.45, 2.75) is 0 Å². The van der Waals surface area contributed by atoms with Crippen LogP contribution in [0.3, 0.4) is 0 Å². The second-order valence-electron chi connectivity index (χ2n) is 4.33. The van der Waals surface area contributed by atoms with E-state index >= 15 is 0 Å². The quantitative estimate of drug-likeness (QED) is 0.816. The number of fused-ring (bicyclic) bond motifs is 1. The first-order chi connectivity index (χ1) is 9.65. The predicted molar refractivity (Wildman–Crippen MR) is 78.7 cm³/mol.